The van der Waals surface area contributed by atoms with Crippen molar-refractivity contribution in [2.45, 2.75) is 52.0 Å². The maximum atomic E-state index is 12.5. The number of aromatic hydroxyl groups is 1. The van der Waals surface area contributed by atoms with Gasteiger partial charge in [0.15, 0.2) is 0 Å². The Kier molecular flexibility index (Phi) is 5.59. The van der Waals surface area contributed by atoms with E-state index in [9.17, 15) is 20.1 Å². The molecule has 4 N–H and O–H groups in total. The molecule has 1 amide bonds. The van der Waals surface area contributed by atoms with E-state index in [-0.39, 0.29) is 30.3 Å². The van der Waals surface area contributed by atoms with Gasteiger partial charge in [0.25, 0.3) is 5.91 Å². The van der Waals surface area contributed by atoms with Crippen LogP contribution in [0, 0.1) is 6.92 Å². The molecule has 0 bridgehead atoms. The molecule has 0 radical (unpaired) electrons. The molecule has 0 aromatic heterocycles. The van der Waals surface area contributed by atoms with Crippen molar-refractivity contribution >= 4 is 5.91 Å². The van der Waals surface area contributed by atoms with Crippen molar-refractivity contribution in [1.82, 2.24) is 5.32 Å². The first-order chi connectivity index (χ1) is 10.1. The number of phenols is 1. The highest BCUT2D eigenvalue weighted by atomic mass is 16.3. The summed E-state index contributed by atoms with van der Waals surface area (Å²) in [5, 5.41) is 31.8. The standard InChI is InChI=1S/C17H27NO4/c1-6-17(9-19,10-20)18-15(22)12-7-11(2)14(21)13(8-12)16(3,4)5/h7-8,19-21H,6,9-10H2,1-5H3,(H,18,22). The van der Waals surface area contributed by atoms with Crippen LogP contribution in [0.5, 0.6) is 5.75 Å². The van der Waals surface area contributed by atoms with Crippen LogP contribution >= 0.6 is 0 Å². The van der Waals surface area contributed by atoms with Crippen LogP contribution in [0.3, 0.4) is 0 Å². The lowest BCUT2D eigenvalue weighted by molar-refractivity contribution is 0.0652. The maximum absolute atomic E-state index is 12.5. The van der Waals surface area contributed by atoms with Crippen LogP contribution in [0.15, 0.2) is 12.1 Å². The summed E-state index contributed by atoms with van der Waals surface area (Å²) in [6.07, 6.45) is 0.412. The Morgan fingerprint density at radius 2 is 1.73 bits per heavy atom. The first-order valence-electron chi connectivity index (χ1n) is 7.48. The second-order valence-electron chi connectivity index (χ2n) is 6.84. The minimum atomic E-state index is -1.04. The normalized spacial score (nSPS) is 12.3. The van der Waals surface area contributed by atoms with E-state index in [0.29, 0.717) is 23.1 Å². The van der Waals surface area contributed by atoms with Gasteiger partial charge in [-0.1, -0.05) is 27.7 Å². The third-order valence-corrected chi connectivity index (χ3v) is 4.03. The lowest BCUT2D eigenvalue weighted by Crippen LogP contribution is -2.53. The molecule has 0 fully saturated rings. The number of aryl methyl sites for hydroxylation is 1. The minimum Gasteiger partial charge on any atom is -0.507 e. The van der Waals surface area contributed by atoms with Crippen molar-refractivity contribution in [3.05, 3.63) is 28.8 Å². The average Bonchev–Trinajstić information content (AvgIpc) is 2.46. The zero-order chi connectivity index (χ0) is 17.1. The molecule has 0 spiro atoms. The van der Waals surface area contributed by atoms with Gasteiger partial charge in [-0.15, -0.1) is 0 Å². The largest absolute Gasteiger partial charge is 0.507 e. The van der Waals surface area contributed by atoms with Crippen molar-refractivity contribution in [2.24, 2.45) is 0 Å². The molecule has 1 rings (SSSR count). The van der Waals surface area contributed by atoms with E-state index in [1.54, 1.807) is 26.0 Å². The molecule has 1 aromatic rings. The van der Waals surface area contributed by atoms with E-state index in [0.717, 1.165) is 0 Å². The number of amides is 1. The Hall–Kier alpha value is -1.59. The predicted molar refractivity (Wildman–Crippen MR) is 86.2 cm³/mol. The fourth-order valence-corrected chi connectivity index (χ4v) is 2.24. The lowest BCUT2D eigenvalue weighted by Gasteiger charge is -2.30. The number of carbonyl (C=O) groups is 1. The number of aliphatic hydroxyl groups excluding tert-OH is 2. The van der Waals surface area contributed by atoms with Gasteiger partial charge in [0, 0.05) is 11.1 Å². The number of carbonyl (C=O) groups excluding carboxylic acids is 1. The third-order valence-electron chi connectivity index (χ3n) is 4.03. The molecule has 0 unspecified atom stereocenters. The summed E-state index contributed by atoms with van der Waals surface area (Å²) in [5.74, 6) is -0.186. The molecule has 5 nitrogen and oxygen atoms in total. The fourth-order valence-electron chi connectivity index (χ4n) is 2.24. The zero-order valence-electron chi connectivity index (χ0n) is 14.0. The van der Waals surface area contributed by atoms with Crippen molar-refractivity contribution in [1.29, 1.82) is 0 Å². The van der Waals surface area contributed by atoms with E-state index >= 15 is 0 Å². The molecule has 0 saturated heterocycles. The molecule has 22 heavy (non-hydrogen) atoms. The first-order valence-corrected chi connectivity index (χ1v) is 7.48. The van der Waals surface area contributed by atoms with Gasteiger partial charge in [0.05, 0.1) is 18.8 Å². The van der Waals surface area contributed by atoms with Gasteiger partial charge < -0.3 is 20.6 Å². The Labute approximate surface area is 132 Å². The predicted octanol–water partition coefficient (Wildman–Crippen LogP) is 1.86. The first kappa shape index (κ1) is 18.5. The number of benzene rings is 1. The smallest absolute Gasteiger partial charge is 0.251 e. The van der Waals surface area contributed by atoms with Crippen LogP contribution in [-0.4, -0.2) is 40.0 Å². The van der Waals surface area contributed by atoms with Crippen molar-refractivity contribution in [2.75, 3.05) is 13.2 Å². The second kappa shape index (κ2) is 6.67. The molecule has 0 saturated carbocycles. The Balaban J connectivity index is 3.22. The van der Waals surface area contributed by atoms with E-state index in [2.05, 4.69) is 5.32 Å². The molecule has 0 aliphatic rings. The van der Waals surface area contributed by atoms with Gasteiger partial charge >= 0.3 is 0 Å². The van der Waals surface area contributed by atoms with Gasteiger partial charge in [-0.25, -0.2) is 0 Å². The Bertz CT molecular complexity index is 534. The second-order valence-corrected chi connectivity index (χ2v) is 6.84. The van der Waals surface area contributed by atoms with Crippen molar-refractivity contribution < 1.29 is 20.1 Å². The molecule has 0 atom stereocenters. The summed E-state index contributed by atoms with van der Waals surface area (Å²) in [6.45, 7) is 8.73. The minimum absolute atomic E-state index is 0.190. The molecular formula is C17H27NO4. The molecule has 0 heterocycles. The highest BCUT2D eigenvalue weighted by Crippen LogP contribution is 2.34. The van der Waals surface area contributed by atoms with Gasteiger partial charge in [-0.2, -0.15) is 0 Å². The molecule has 0 aliphatic heterocycles. The van der Waals surface area contributed by atoms with Crippen molar-refractivity contribution in [3.8, 4) is 5.75 Å². The zero-order valence-corrected chi connectivity index (χ0v) is 14.0. The quantitative estimate of drug-likeness (QED) is 0.668. The van der Waals surface area contributed by atoms with E-state index in [1.807, 2.05) is 20.8 Å². The van der Waals surface area contributed by atoms with Crippen LogP contribution in [0.25, 0.3) is 0 Å². The van der Waals surface area contributed by atoms with Gasteiger partial charge in [0.2, 0.25) is 0 Å². The summed E-state index contributed by atoms with van der Waals surface area (Å²) in [5.41, 5.74) is 0.367. The number of rotatable bonds is 5. The van der Waals surface area contributed by atoms with Crippen LogP contribution in [0.1, 0.15) is 55.6 Å². The highest BCUT2D eigenvalue weighted by Gasteiger charge is 2.30. The summed E-state index contributed by atoms with van der Waals surface area (Å²) in [7, 11) is 0. The van der Waals surface area contributed by atoms with Crippen molar-refractivity contribution in [3.63, 3.8) is 0 Å². The summed E-state index contributed by atoms with van der Waals surface area (Å²) in [6, 6.07) is 3.27. The topological polar surface area (TPSA) is 89.8 Å². The lowest BCUT2D eigenvalue weighted by atomic mass is 9.84. The van der Waals surface area contributed by atoms with Crippen LogP contribution in [0.2, 0.25) is 0 Å². The van der Waals surface area contributed by atoms with Gasteiger partial charge in [-0.05, 0) is 36.5 Å². The molecule has 5 heteroatoms. The van der Waals surface area contributed by atoms with E-state index in [1.165, 1.54) is 0 Å². The molecule has 1 aromatic carbocycles. The maximum Gasteiger partial charge on any atom is 0.251 e. The molecule has 0 aliphatic carbocycles. The number of phenolic OH excluding ortho intramolecular Hbond substituents is 1. The summed E-state index contributed by atoms with van der Waals surface area (Å²) in [4.78, 5) is 12.5. The monoisotopic (exact) mass is 309 g/mol. The van der Waals surface area contributed by atoms with Crippen LogP contribution in [-0.2, 0) is 5.41 Å². The fraction of sp³-hybridized carbons (Fsp3) is 0.588. The van der Waals surface area contributed by atoms with Crippen LogP contribution in [0.4, 0.5) is 0 Å². The van der Waals surface area contributed by atoms with Gasteiger partial charge in [0.1, 0.15) is 5.75 Å². The highest BCUT2D eigenvalue weighted by molar-refractivity contribution is 5.95. The number of nitrogens with one attached hydrogen (secondary N) is 1. The van der Waals surface area contributed by atoms with Gasteiger partial charge in [-0.3, -0.25) is 4.79 Å². The number of aliphatic hydroxyl groups is 2. The molecular weight excluding hydrogens is 282 g/mol. The third kappa shape index (κ3) is 3.78. The Morgan fingerprint density at radius 3 is 2.14 bits per heavy atom. The summed E-state index contributed by atoms with van der Waals surface area (Å²) >= 11 is 0. The van der Waals surface area contributed by atoms with E-state index in [4.69, 9.17) is 0 Å². The SMILES string of the molecule is CCC(CO)(CO)NC(=O)c1cc(C)c(O)c(C(C)(C)C)c1. The summed E-state index contributed by atoms with van der Waals surface area (Å²) < 4.78 is 0. The Morgan fingerprint density at radius 1 is 1.18 bits per heavy atom. The van der Waals surface area contributed by atoms with E-state index < -0.39 is 5.54 Å². The van der Waals surface area contributed by atoms with Crippen LogP contribution < -0.4 is 5.32 Å². The average molecular weight is 309 g/mol. The number of hydrogen-bond acceptors (Lipinski definition) is 4. The molecule has 124 valence electrons. The number of hydrogen-bond donors (Lipinski definition) is 4.